The number of rotatable bonds is 2. The lowest BCUT2D eigenvalue weighted by molar-refractivity contribution is -0.152. The van der Waals surface area contributed by atoms with E-state index in [0.717, 1.165) is 41.6 Å². The molecule has 94 valence electrons. The Morgan fingerprint density at radius 1 is 1.33 bits per heavy atom. The number of para-hydroxylation sites is 1. The Balaban J connectivity index is 2.19. The van der Waals surface area contributed by atoms with Crippen molar-refractivity contribution in [1.29, 1.82) is 0 Å². The van der Waals surface area contributed by atoms with Crippen LogP contribution < -0.4 is 0 Å². The Bertz CT molecular complexity index is 605. The fraction of sp³-hybridized carbons (Fsp3) is 0.400. The van der Waals surface area contributed by atoms with E-state index in [0.29, 0.717) is 0 Å². The first-order valence-electron chi connectivity index (χ1n) is 6.26. The van der Waals surface area contributed by atoms with E-state index < -0.39 is 5.41 Å². The normalized spacial score (nSPS) is 17.4. The number of carbonyl (C=O) groups is 1. The van der Waals surface area contributed by atoms with Crippen LogP contribution in [0.4, 0.5) is 0 Å². The lowest BCUT2D eigenvalue weighted by Gasteiger charge is -2.37. The van der Waals surface area contributed by atoms with Crippen LogP contribution in [-0.2, 0) is 14.9 Å². The zero-order chi connectivity index (χ0) is 12.8. The highest BCUT2D eigenvalue weighted by Gasteiger charge is 2.50. The van der Waals surface area contributed by atoms with Gasteiger partial charge < -0.3 is 9.15 Å². The molecule has 3 heteroatoms. The maximum Gasteiger partial charge on any atom is 0.319 e. The van der Waals surface area contributed by atoms with Crippen LogP contribution in [0.25, 0.3) is 11.0 Å². The number of fused-ring (bicyclic) bond motifs is 1. The van der Waals surface area contributed by atoms with Crippen molar-refractivity contribution in [3.05, 3.63) is 35.6 Å². The standard InChI is InChI=1S/C15H16O3/c1-10-11-6-3-4-7-12(11)18-13(10)15(8-5-9-15)14(16)17-2/h3-4,6-7H,5,8-9H2,1-2H3. The fourth-order valence-electron chi connectivity index (χ4n) is 2.88. The molecular formula is C15H16O3. The van der Waals surface area contributed by atoms with Gasteiger partial charge in [-0.25, -0.2) is 0 Å². The number of hydrogen-bond donors (Lipinski definition) is 0. The summed E-state index contributed by atoms with van der Waals surface area (Å²) in [6.45, 7) is 2.02. The topological polar surface area (TPSA) is 39.4 Å². The van der Waals surface area contributed by atoms with E-state index in [1.807, 2.05) is 31.2 Å². The summed E-state index contributed by atoms with van der Waals surface area (Å²) in [7, 11) is 1.44. The first-order chi connectivity index (χ1) is 8.69. The average Bonchev–Trinajstić information content (AvgIpc) is 2.67. The predicted octanol–water partition coefficient (Wildman–Crippen LogP) is 3.34. The molecule has 0 saturated heterocycles. The molecule has 1 fully saturated rings. The smallest absolute Gasteiger partial charge is 0.319 e. The SMILES string of the molecule is COC(=O)C1(c2oc3ccccc3c2C)CCC1. The molecule has 1 aromatic carbocycles. The molecule has 0 unspecified atom stereocenters. The van der Waals surface area contributed by atoms with Crippen LogP contribution in [0.3, 0.4) is 0 Å². The second-order valence-corrected chi connectivity index (χ2v) is 4.98. The first-order valence-corrected chi connectivity index (χ1v) is 6.26. The van der Waals surface area contributed by atoms with E-state index in [4.69, 9.17) is 9.15 Å². The maximum absolute atomic E-state index is 12.1. The molecule has 1 aliphatic rings. The highest BCUT2D eigenvalue weighted by molar-refractivity contribution is 5.89. The van der Waals surface area contributed by atoms with Gasteiger partial charge in [0.25, 0.3) is 0 Å². The minimum Gasteiger partial charge on any atom is -0.468 e. The van der Waals surface area contributed by atoms with Gasteiger partial charge in [-0.15, -0.1) is 0 Å². The van der Waals surface area contributed by atoms with E-state index >= 15 is 0 Å². The van der Waals surface area contributed by atoms with Gasteiger partial charge in [0.05, 0.1) is 7.11 Å². The molecule has 0 amide bonds. The Morgan fingerprint density at radius 3 is 2.61 bits per heavy atom. The minimum atomic E-state index is -0.544. The second-order valence-electron chi connectivity index (χ2n) is 4.98. The van der Waals surface area contributed by atoms with Gasteiger partial charge in [-0.1, -0.05) is 24.6 Å². The monoisotopic (exact) mass is 244 g/mol. The van der Waals surface area contributed by atoms with E-state index in [1.165, 1.54) is 7.11 Å². The molecule has 0 N–H and O–H groups in total. The minimum absolute atomic E-state index is 0.170. The highest BCUT2D eigenvalue weighted by Crippen LogP contribution is 2.48. The van der Waals surface area contributed by atoms with Crippen molar-refractivity contribution in [2.45, 2.75) is 31.6 Å². The van der Waals surface area contributed by atoms with Crippen molar-refractivity contribution >= 4 is 16.9 Å². The predicted molar refractivity (Wildman–Crippen MR) is 68.5 cm³/mol. The van der Waals surface area contributed by atoms with E-state index in [-0.39, 0.29) is 5.97 Å². The molecule has 0 bridgehead atoms. The molecule has 0 spiro atoms. The number of esters is 1. The number of furan rings is 1. The molecule has 1 aromatic heterocycles. The third-order valence-electron chi connectivity index (χ3n) is 4.06. The number of benzene rings is 1. The van der Waals surface area contributed by atoms with Crippen molar-refractivity contribution in [3.8, 4) is 0 Å². The summed E-state index contributed by atoms with van der Waals surface area (Å²) in [5.74, 6) is 0.623. The zero-order valence-electron chi connectivity index (χ0n) is 10.7. The van der Waals surface area contributed by atoms with Gasteiger partial charge in [-0.3, -0.25) is 4.79 Å². The molecule has 0 radical (unpaired) electrons. The largest absolute Gasteiger partial charge is 0.468 e. The molecule has 3 rings (SSSR count). The quantitative estimate of drug-likeness (QED) is 0.761. The van der Waals surface area contributed by atoms with Gasteiger partial charge in [0, 0.05) is 5.39 Å². The van der Waals surface area contributed by atoms with Crippen LogP contribution in [0.5, 0.6) is 0 Å². The van der Waals surface area contributed by atoms with E-state index in [1.54, 1.807) is 0 Å². The molecule has 0 aliphatic heterocycles. The van der Waals surface area contributed by atoms with Crippen molar-refractivity contribution in [1.82, 2.24) is 0 Å². The summed E-state index contributed by atoms with van der Waals surface area (Å²) in [4.78, 5) is 12.1. The van der Waals surface area contributed by atoms with Crippen LogP contribution >= 0.6 is 0 Å². The van der Waals surface area contributed by atoms with Gasteiger partial charge in [0.1, 0.15) is 16.8 Å². The third-order valence-corrected chi connectivity index (χ3v) is 4.06. The van der Waals surface area contributed by atoms with Gasteiger partial charge in [-0.05, 0) is 31.4 Å². The summed E-state index contributed by atoms with van der Waals surface area (Å²) < 4.78 is 10.9. The molecule has 2 aromatic rings. The van der Waals surface area contributed by atoms with Gasteiger partial charge in [-0.2, -0.15) is 0 Å². The number of methoxy groups -OCH3 is 1. The Kier molecular flexibility index (Phi) is 2.44. The molecule has 1 aliphatic carbocycles. The summed E-state index contributed by atoms with van der Waals surface area (Å²) >= 11 is 0. The van der Waals surface area contributed by atoms with Crippen molar-refractivity contribution in [3.63, 3.8) is 0 Å². The molecule has 1 saturated carbocycles. The lowest BCUT2D eigenvalue weighted by Crippen LogP contribution is -2.43. The van der Waals surface area contributed by atoms with Gasteiger partial charge >= 0.3 is 5.97 Å². The maximum atomic E-state index is 12.1. The van der Waals surface area contributed by atoms with Crippen molar-refractivity contribution in [2.24, 2.45) is 0 Å². The Hall–Kier alpha value is -1.77. The Labute approximate surface area is 106 Å². The molecule has 18 heavy (non-hydrogen) atoms. The highest BCUT2D eigenvalue weighted by atomic mass is 16.5. The lowest BCUT2D eigenvalue weighted by atomic mass is 9.66. The van der Waals surface area contributed by atoms with Crippen LogP contribution in [0, 0.1) is 6.92 Å². The van der Waals surface area contributed by atoms with Gasteiger partial charge in [0.15, 0.2) is 0 Å². The third kappa shape index (κ3) is 1.33. The fourth-order valence-corrected chi connectivity index (χ4v) is 2.88. The second kappa shape index (κ2) is 3.87. The molecular weight excluding hydrogens is 228 g/mol. The first kappa shape index (κ1) is 11.3. The zero-order valence-corrected chi connectivity index (χ0v) is 10.7. The molecule has 0 atom stereocenters. The summed E-state index contributed by atoms with van der Waals surface area (Å²) in [6.07, 6.45) is 2.69. The number of carbonyl (C=O) groups excluding carboxylic acids is 1. The average molecular weight is 244 g/mol. The van der Waals surface area contributed by atoms with E-state index in [2.05, 4.69) is 0 Å². The van der Waals surface area contributed by atoms with Crippen LogP contribution in [0.2, 0.25) is 0 Å². The molecule has 3 nitrogen and oxygen atoms in total. The van der Waals surface area contributed by atoms with Crippen molar-refractivity contribution < 1.29 is 13.9 Å². The Morgan fingerprint density at radius 2 is 2.06 bits per heavy atom. The summed E-state index contributed by atoms with van der Waals surface area (Å²) in [5, 5.41) is 1.09. The molecule has 1 heterocycles. The van der Waals surface area contributed by atoms with Crippen molar-refractivity contribution in [2.75, 3.05) is 7.11 Å². The number of aryl methyl sites for hydroxylation is 1. The van der Waals surface area contributed by atoms with Crippen LogP contribution in [0.15, 0.2) is 28.7 Å². The summed E-state index contributed by atoms with van der Waals surface area (Å²) in [5.41, 5.74) is 1.37. The summed E-state index contributed by atoms with van der Waals surface area (Å²) in [6, 6.07) is 7.90. The van der Waals surface area contributed by atoms with Crippen LogP contribution in [0.1, 0.15) is 30.6 Å². The number of hydrogen-bond acceptors (Lipinski definition) is 3. The van der Waals surface area contributed by atoms with Gasteiger partial charge in [0.2, 0.25) is 0 Å². The van der Waals surface area contributed by atoms with Crippen LogP contribution in [-0.4, -0.2) is 13.1 Å². The number of ether oxygens (including phenoxy) is 1. The van der Waals surface area contributed by atoms with E-state index in [9.17, 15) is 4.79 Å².